The molecule has 104 valence electrons. The van der Waals surface area contributed by atoms with Crippen LogP contribution >= 0.6 is 11.3 Å². The molecule has 0 amide bonds. The first-order valence-corrected chi connectivity index (χ1v) is 7.02. The van der Waals surface area contributed by atoms with Gasteiger partial charge < -0.3 is 5.11 Å². The smallest absolute Gasteiger partial charge is 0.259 e. The Bertz CT molecular complexity index is 639. The molecule has 0 saturated carbocycles. The van der Waals surface area contributed by atoms with Gasteiger partial charge in [-0.25, -0.2) is 4.98 Å². The molecule has 0 radical (unpaired) electrons. The van der Waals surface area contributed by atoms with E-state index >= 15 is 0 Å². The Hall–Kier alpha value is -1.24. The van der Waals surface area contributed by atoms with E-state index in [1.807, 2.05) is 24.3 Å². The van der Waals surface area contributed by atoms with Crippen LogP contribution in [0.3, 0.4) is 0 Å². The summed E-state index contributed by atoms with van der Waals surface area (Å²) < 4.78 is 1.62. The van der Waals surface area contributed by atoms with Crippen molar-refractivity contribution in [3.63, 3.8) is 0 Å². The van der Waals surface area contributed by atoms with Crippen LogP contribution in [0.4, 0.5) is 0 Å². The normalized spacial score (nSPS) is 12.5. The average Bonchev–Trinajstić information content (AvgIpc) is 2.57. The van der Waals surface area contributed by atoms with Crippen LogP contribution in [-0.4, -0.2) is 38.6 Å². The topological polar surface area (TPSA) is 57.8 Å². The van der Waals surface area contributed by atoms with Gasteiger partial charge in [-0.15, -0.1) is 11.3 Å². The fourth-order valence-corrected chi connectivity index (χ4v) is 3.07. The van der Waals surface area contributed by atoms with Crippen LogP contribution in [0.15, 0.2) is 16.2 Å². The van der Waals surface area contributed by atoms with Crippen LogP contribution in [0.5, 0.6) is 0 Å². The summed E-state index contributed by atoms with van der Waals surface area (Å²) in [6, 6.07) is 1.56. The number of thiazole rings is 1. The molecule has 0 spiro atoms. The minimum Gasteiger partial charge on any atom is -0.389 e. The maximum atomic E-state index is 12.0. The van der Waals surface area contributed by atoms with Crippen molar-refractivity contribution in [1.29, 1.82) is 0 Å². The molecule has 0 bridgehead atoms. The van der Waals surface area contributed by atoms with Crippen LogP contribution in [0.2, 0.25) is 0 Å². The predicted molar refractivity (Wildman–Crippen MR) is 76.7 cm³/mol. The van der Waals surface area contributed by atoms with Crippen molar-refractivity contribution in [3.05, 3.63) is 33.2 Å². The molecule has 2 aromatic heterocycles. The maximum Gasteiger partial charge on any atom is 0.259 e. The lowest BCUT2D eigenvalue weighted by Crippen LogP contribution is -2.36. The molecule has 0 aliphatic heterocycles. The second-order valence-corrected chi connectivity index (χ2v) is 6.40. The van der Waals surface area contributed by atoms with Crippen LogP contribution in [0.1, 0.15) is 25.2 Å². The van der Waals surface area contributed by atoms with Crippen molar-refractivity contribution in [2.24, 2.45) is 0 Å². The molecular weight excluding hydrogens is 262 g/mol. The molecule has 0 saturated heterocycles. The van der Waals surface area contributed by atoms with E-state index in [1.165, 1.54) is 11.3 Å². The first kappa shape index (κ1) is 14.2. The van der Waals surface area contributed by atoms with Gasteiger partial charge in [0.1, 0.15) is 0 Å². The molecule has 0 unspecified atom stereocenters. The van der Waals surface area contributed by atoms with Gasteiger partial charge in [-0.05, 0) is 27.8 Å². The number of aryl methyl sites for hydroxylation is 1. The number of rotatable bonds is 4. The minimum absolute atomic E-state index is 0.0459. The standard InChI is InChI=1S/C13H19N3O2S/c1-9-7-19-12-14-10(5-11(17)16(9)12)6-15(4)8-13(2,3)18/h5,7,18H,6,8H2,1-4H3. The van der Waals surface area contributed by atoms with E-state index in [2.05, 4.69) is 4.98 Å². The highest BCUT2D eigenvalue weighted by Gasteiger charge is 2.16. The molecule has 0 aliphatic rings. The summed E-state index contributed by atoms with van der Waals surface area (Å²) >= 11 is 1.47. The minimum atomic E-state index is -0.757. The molecule has 1 N–H and O–H groups in total. The average molecular weight is 281 g/mol. The Morgan fingerprint density at radius 3 is 2.84 bits per heavy atom. The van der Waals surface area contributed by atoms with E-state index in [1.54, 1.807) is 24.3 Å². The first-order chi connectivity index (χ1) is 8.76. The monoisotopic (exact) mass is 281 g/mol. The highest BCUT2D eigenvalue weighted by molar-refractivity contribution is 7.15. The third kappa shape index (κ3) is 3.40. The molecule has 2 aromatic rings. The Kier molecular flexibility index (Phi) is 3.75. The molecule has 0 aromatic carbocycles. The third-order valence-corrected chi connectivity index (χ3v) is 3.66. The van der Waals surface area contributed by atoms with E-state index in [0.717, 1.165) is 16.3 Å². The van der Waals surface area contributed by atoms with Gasteiger partial charge in [0.2, 0.25) is 0 Å². The zero-order chi connectivity index (χ0) is 14.2. The fourth-order valence-electron chi connectivity index (χ4n) is 2.17. The molecule has 2 rings (SSSR count). The number of fused-ring (bicyclic) bond motifs is 1. The van der Waals surface area contributed by atoms with E-state index < -0.39 is 5.60 Å². The van der Waals surface area contributed by atoms with Gasteiger partial charge in [0.15, 0.2) is 4.96 Å². The van der Waals surface area contributed by atoms with Crippen molar-refractivity contribution in [2.45, 2.75) is 32.9 Å². The quantitative estimate of drug-likeness (QED) is 0.917. The van der Waals surface area contributed by atoms with Crippen LogP contribution in [0.25, 0.3) is 4.96 Å². The number of hydrogen-bond acceptors (Lipinski definition) is 5. The second-order valence-electron chi connectivity index (χ2n) is 5.57. The molecule has 6 heteroatoms. The zero-order valence-corrected chi connectivity index (χ0v) is 12.5. The molecule has 5 nitrogen and oxygen atoms in total. The van der Waals surface area contributed by atoms with Gasteiger partial charge in [0, 0.05) is 30.2 Å². The van der Waals surface area contributed by atoms with Gasteiger partial charge in [0.25, 0.3) is 5.56 Å². The summed E-state index contributed by atoms with van der Waals surface area (Å²) in [6.07, 6.45) is 0. The highest BCUT2D eigenvalue weighted by Crippen LogP contribution is 2.12. The van der Waals surface area contributed by atoms with E-state index in [-0.39, 0.29) is 5.56 Å². The lowest BCUT2D eigenvalue weighted by atomic mass is 10.1. The predicted octanol–water partition coefficient (Wildman–Crippen LogP) is 1.27. The molecule has 2 heterocycles. The van der Waals surface area contributed by atoms with Crippen molar-refractivity contribution >= 4 is 16.3 Å². The lowest BCUT2D eigenvalue weighted by Gasteiger charge is -2.24. The lowest BCUT2D eigenvalue weighted by molar-refractivity contribution is 0.0422. The summed E-state index contributed by atoms with van der Waals surface area (Å²) in [5.41, 5.74) is 0.843. The third-order valence-electron chi connectivity index (χ3n) is 2.72. The Balaban J connectivity index is 2.25. The number of aromatic nitrogens is 2. The SMILES string of the molecule is Cc1csc2nc(CN(C)CC(C)(C)O)cc(=O)n12. The summed E-state index contributed by atoms with van der Waals surface area (Å²) in [6.45, 7) is 6.49. The van der Waals surface area contributed by atoms with Gasteiger partial charge in [-0.1, -0.05) is 0 Å². The number of likely N-dealkylation sites (N-methyl/N-ethyl adjacent to an activating group) is 1. The van der Waals surface area contributed by atoms with Crippen LogP contribution < -0.4 is 5.56 Å². The summed E-state index contributed by atoms with van der Waals surface area (Å²) in [5, 5.41) is 11.7. The van der Waals surface area contributed by atoms with Crippen molar-refractivity contribution in [1.82, 2.24) is 14.3 Å². The first-order valence-electron chi connectivity index (χ1n) is 6.14. The second kappa shape index (κ2) is 5.03. The summed E-state index contributed by atoms with van der Waals surface area (Å²) in [7, 11) is 1.90. The molecule has 19 heavy (non-hydrogen) atoms. The number of nitrogens with zero attached hydrogens (tertiary/aromatic N) is 3. The van der Waals surface area contributed by atoms with Gasteiger partial charge in [-0.3, -0.25) is 14.1 Å². The molecular formula is C13H19N3O2S. The van der Waals surface area contributed by atoms with Crippen LogP contribution in [-0.2, 0) is 6.54 Å². The molecule has 0 atom stereocenters. The van der Waals surface area contributed by atoms with E-state index in [0.29, 0.717) is 13.1 Å². The van der Waals surface area contributed by atoms with Crippen LogP contribution in [0, 0.1) is 6.92 Å². The Morgan fingerprint density at radius 2 is 2.21 bits per heavy atom. The maximum absolute atomic E-state index is 12.0. The highest BCUT2D eigenvalue weighted by atomic mass is 32.1. The van der Waals surface area contributed by atoms with Crippen molar-refractivity contribution in [3.8, 4) is 0 Å². The van der Waals surface area contributed by atoms with Gasteiger partial charge >= 0.3 is 0 Å². The van der Waals surface area contributed by atoms with E-state index in [9.17, 15) is 9.90 Å². The summed E-state index contributed by atoms with van der Waals surface area (Å²) in [5.74, 6) is 0. The van der Waals surface area contributed by atoms with Gasteiger partial charge in [0.05, 0.1) is 11.3 Å². The van der Waals surface area contributed by atoms with Gasteiger partial charge in [-0.2, -0.15) is 0 Å². The Labute approximate surface area is 116 Å². The summed E-state index contributed by atoms with van der Waals surface area (Å²) in [4.78, 5) is 19.2. The molecule has 0 aliphatic carbocycles. The Morgan fingerprint density at radius 1 is 1.53 bits per heavy atom. The number of hydrogen-bond donors (Lipinski definition) is 1. The fraction of sp³-hybridized carbons (Fsp3) is 0.538. The number of aliphatic hydroxyl groups is 1. The van der Waals surface area contributed by atoms with E-state index in [4.69, 9.17) is 0 Å². The largest absolute Gasteiger partial charge is 0.389 e. The zero-order valence-electron chi connectivity index (χ0n) is 11.7. The van der Waals surface area contributed by atoms with Crippen molar-refractivity contribution in [2.75, 3.05) is 13.6 Å². The van der Waals surface area contributed by atoms with Crippen molar-refractivity contribution < 1.29 is 5.11 Å². The molecule has 0 fully saturated rings.